The molecule has 0 fully saturated rings. The first kappa shape index (κ1) is 13.1. The monoisotopic (exact) mass is 300 g/mol. The molecule has 0 bridgehead atoms. The zero-order valence-corrected chi connectivity index (χ0v) is 11.1. The summed E-state index contributed by atoms with van der Waals surface area (Å²) in [7, 11) is 0. The molecule has 1 amide bonds. The van der Waals surface area contributed by atoms with Gasteiger partial charge in [-0.1, -0.05) is 40.3 Å². The number of carbonyl (C=O) groups excluding carboxylic acids is 1. The first-order valence-corrected chi connectivity index (χ1v) is 6.07. The average molecular weight is 301 g/mol. The third kappa shape index (κ3) is 5.23. The van der Waals surface area contributed by atoms with Crippen LogP contribution in [0, 0.1) is 0 Å². The molecule has 0 aliphatic rings. The highest BCUT2D eigenvalue weighted by molar-refractivity contribution is 9.10. The number of halogens is 1. The average Bonchev–Trinajstić information content (AvgIpc) is 2.16. The van der Waals surface area contributed by atoms with E-state index < -0.39 is 0 Å². The summed E-state index contributed by atoms with van der Waals surface area (Å²) in [4.78, 5) is 11.9. The third-order valence-corrected chi connectivity index (χ3v) is 2.64. The third-order valence-electron chi connectivity index (χ3n) is 1.95. The van der Waals surface area contributed by atoms with E-state index in [-0.39, 0.29) is 5.91 Å². The number of hydrogen-bond donors (Lipinski definition) is 2. The molecule has 0 saturated heterocycles. The summed E-state index contributed by atoms with van der Waals surface area (Å²) in [6, 6.07) is 7.67. The molecule has 0 aliphatic carbocycles. The Balaban J connectivity index is 2.37. The van der Waals surface area contributed by atoms with Crippen LogP contribution in [0.25, 0.3) is 0 Å². The number of hydrogen-bond acceptors (Lipinski definition) is 2. The number of amides is 1. The topological polar surface area (TPSA) is 55.1 Å². The van der Waals surface area contributed by atoms with Gasteiger partial charge in [0.15, 0.2) is 0 Å². The normalized spacial score (nSPS) is 9.81. The lowest BCUT2D eigenvalue weighted by Gasteiger charge is -2.04. The van der Waals surface area contributed by atoms with Gasteiger partial charge in [0.2, 0.25) is 5.91 Å². The molecule has 5 heteroatoms. The van der Waals surface area contributed by atoms with E-state index in [2.05, 4.69) is 21.2 Å². The van der Waals surface area contributed by atoms with Gasteiger partial charge in [0, 0.05) is 17.4 Å². The smallest absolute Gasteiger partial charge is 0.224 e. The van der Waals surface area contributed by atoms with Crippen molar-refractivity contribution in [1.82, 2.24) is 5.32 Å². The molecule has 1 rings (SSSR count). The lowest BCUT2D eigenvalue weighted by molar-refractivity contribution is -0.120. The Morgan fingerprint density at radius 2 is 2.25 bits per heavy atom. The van der Waals surface area contributed by atoms with Gasteiger partial charge in [-0.05, 0) is 17.7 Å². The first-order chi connectivity index (χ1) is 7.58. The fourth-order valence-corrected chi connectivity index (χ4v) is 1.77. The predicted octanol–water partition coefficient (Wildman–Crippen LogP) is 1.78. The Labute approximate surface area is 109 Å². The van der Waals surface area contributed by atoms with Crippen LogP contribution in [0.5, 0.6) is 0 Å². The number of carbonyl (C=O) groups is 1. The van der Waals surface area contributed by atoms with Gasteiger partial charge in [-0.25, -0.2) is 0 Å². The number of thiocarbonyl (C=S) groups is 1. The quantitative estimate of drug-likeness (QED) is 0.815. The van der Waals surface area contributed by atoms with Gasteiger partial charge in [0.1, 0.15) is 0 Å². The number of nitrogens with two attached hydrogens (primary N) is 1. The second-order valence-corrected chi connectivity index (χ2v) is 4.81. The highest BCUT2D eigenvalue weighted by atomic mass is 79.9. The van der Waals surface area contributed by atoms with Crippen LogP contribution in [-0.4, -0.2) is 17.4 Å². The van der Waals surface area contributed by atoms with E-state index in [9.17, 15) is 4.79 Å². The molecule has 0 atom stereocenters. The maximum absolute atomic E-state index is 11.5. The van der Waals surface area contributed by atoms with Crippen LogP contribution < -0.4 is 11.1 Å². The summed E-state index contributed by atoms with van der Waals surface area (Å²) in [5.74, 6) is -0.0191. The molecule has 0 aromatic heterocycles. The van der Waals surface area contributed by atoms with Crippen molar-refractivity contribution in [1.29, 1.82) is 0 Å². The summed E-state index contributed by atoms with van der Waals surface area (Å²) in [5, 5.41) is 2.76. The molecule has 16 heavy (non-hydrogen) atoms. The Hall–Kier alpha value is -0.940. The molecular formula is C11H13BrN2OS. The van der Waals surface area contributed by atoms with Crippen LogP contribution in [-0.2, 0) is 11.2 Å². The van der Waals surface area contributed by atoms with Crippen molar-refractivity contribution in [2.24, 2.45) is 5.73 Å². The zero-order chi connectivity index (χ0) is 12.0. The fourth-order valence-electron chi connectivity index (χ4n) is 1.22. The molecule has 3 N–H and O–H groups in total. The zero-order valence-electron chi connectivity index (χ0n) is 8.70. The van der Waals surface area contributed by atoms with Gasteiger partial charge in [0.05, 0.1) is 11.4 Å². The molecular weight excluding hydrogens is 288 g/mol. The standard InChI is InChI=1S/C11H13BrN2OS/c12-9-3-1-2-8(6-9)7-11(15)14-5-4-10(13)16/h1-3,6H,4-5,7H2,(H2,13,16)(H,14,15). The Morgan fingerprint density at radius 3 is 2.88 bits per heavy atom. The lowest BCUT2D eigenvalue weighted by Crippen LogP contribution is -2.28. The Morgan fingerprint density at radius 1 is 1.50 bits per heavy atom. The summed E-state index contributed by atoms with van der Waals surface area (Å²) in [6.45, 7) is 0.502. The number of benzene rings is 1. The van der Waals surface area contributed by atoms with Gasteiger partial charge < -0.3 is 11.1 Å². The van der Waals surface area contributed by atoms with Crippen molar-refractivity contribution in [3.63, 3.8) is 0 Å². The van der Waals surface area contributed by atoms with Crippen molar-refractivity contribution in [2.45, 2.75) is 12.8 Å². The molecule has 3 nitrogen and oxygen atoms in total. The lowest BCUT2D eigenvalue weighted by atomic mass is 10.1. The van der Waals surface area contributed by atoms with E-state index in [1.165, 1.54) is 0 Å². The molecule has 1 aromatic rings. The van der Waals surface area contributed by atoms with Gasteiger partial charge in [-0.15, -0.1) is 0 Å². The van der Waals surface area contributed by atoms with E-state index in [0.717, 1.165) is 10.0 Å². The SMILES string of the molecule is NC(=S)CCNC(=O)Cc1cccc(Br)c1. The Bertz CT molecular complexity index is 395. The van der Waals surface area contributed by atoms with Crippen molar-refractivity contribution >= 4 is 39.0 Å². The highest BCUT2D eigenvalue weighted by Crippen LogP contribution is 2.11. The van der Waals surface area contributed by atoms with Crippen LogP contribution >= 0.6 is 28.1 Å². The van der Waals surface area contributed by atoms with E-state index >= 15 is 0 Å². The summed E-state index contributed by atoms with van der Waals surface area (Å²) in [5.41, 5.74) is 6.30. The molecule has 0 radical (unpaired) electrons. The van der Waals surface area contributed by atoms with Crippen molar-refractivity contribution in [2.75, 3.05) is 6.54 Å². The molecule has 1 aromatic carbocycles. The minimum atomic E-state index is -0.0191. The minimum absolute atomic E-state index is 0.0191. The van der Waals surface area contributed by atoms with E-state index in [4.69, 9.17) is 18.0 Å². The van der Waals surface area contributed by atoms with Crippen molar-refractivity contribution < 1.29 is 4.79 Å². The van der Waals surface area contributed by atoms with Gasteiger partial charge >= 0.3 is 0 Å². The number of rotatable bonds is 5. The fraction of sp³-hybridized carbons (Fsp3) is 0.273. The molecule has 0 heterocycles. The summed E-state index contributed by atoms with van der Waals surface area (Å²) in [6.07, 6.45) is 0.913. The molecule has 0 aliphatic heterocycles. The van der Waals surface area contributed by atoms with Crippen molar-refractivity contribution in [3.05, 3.63) is 34.3 Å². The van der Waals surface area contributed by atoms with Crippen LogP contribution in [0.3, 0.4) is 0 Å². The Kier molecular flexibility index (Phi) is 5.42. The molecule has 0 saturated carbocycles. The van der Waals surface area contributed by atoms with Crippen molar-refractivity contribution in [3.8, 4) is 0 Å². The van der Waals surface area contributed by atoms with Gasteiger partial charge in [-0.3, -0.25) is 4.79 Å². The van der Waals surface area contributed by atoms with Crippen LogP contribution in [0.2, 0.25) is 0 Å². The van der Waals surface area contributed by atoms with Crippen LogP contribution in [0.4, 0.5) is 0 Å². The number of nitrogens with one attached hydrogen (secondary N) is 1. The first-order valence-electron chi connectivity index (χ1n) is 4.87. The predicted molar refractivity (Wildman–Crippen MR) is 72.3 cm³/mol. The summed E-state index contributed by atoms with van der Waals surface area (Å²) < 4.78 is 0.973. The van der Waals surface area contributed by atoms with Gasteiger partial charge in [-0.2, -0.15) is 0 Å². The van der Waals surface area contributed by atoms with E-state index in [1.807, 2.05) is 24.3 Å². The molecule has 86 valence electrons. The maximum Gasteiger partial charge on any atom is 0.224 e. The van der Waals surface area contributed by atoms with E-state index in [1.54, 1.807) is 0 Å². The van der Waals surface area contributed by atoms with Crippen LogP contribution in [0.1, 0.15) is 12.0 Å². The second kappa shape index (κ2) is 6.60. The van der Waals surface area contributed by atoms with E-state index in [0.29, 0.717) is 24.4 Å². The molecule has 0 unspecified atom stereocenters. The van der Waals surface area contributed by atoms with Crippen LogP contribution in [0.15, 0.2) is 28.7 Å². The van der Waals surface area contributed by atoms with Gasteiger partial charge in [0.25, 0.3) is 0 Å². The largest absolute Gasteiger partial charge is 0.393 e. The summed E-state index contributed by atoms with van der Waals surface area (Å²) >= 11 is 8.07. The highest BCUT2D eigenvalue weighted by Gasteiger charge is 2.03. The molecule has 0 spiro atoms. The maximum atomic E-state index is 11.5. The second-order valence-electron chi connectivity index (χ2n) is 3.37. The minimum Gasteiger partial charge on any atom is -0.393 e.